The predicted molar refractivity (Wildman–Crippen MR) is 70.4 cm³/mol. The lowest BCUT2D eigenvalue weighted by Gasteiger charge is -2.19. The molecule has 19 heavy (non-hydrogen) atoms. The van der Waals surface area contributed by atoms with E-state index in [2.05, 4.69) is 0 Å². The molecule has 0 aliphatic rings. The molecule has 0 saturated carbocycles. The summed E-state index contributed by atoms with van der Waals surface area (Å²) in [7, 11) is -0.0170. The van der Waals surface area contributed by atoms with Gasteiger partial charge in [-0.05, 0) is 6.92 Å². The molecule has 8 nitrogen and oxygen atoms in total. The van der Waals surface area contributed by atoms with Crippen molar-refractivity contribution < 1.29 is 8.42 Å². The Hall–Kier alpha value is -1.45. The number of likely N-dealkylation sites (N-methyl/N-ethyl adjacent to an activating group) is 1. The highest BCUT2D eigenvalue weighted by atomic mass is 32.2. The second kappa shape index (κ2) is 5.27. The Balaban J connectivity index is 3.47. The summed E-state index contributed by atoms with van der Waals surface area (Å²) in [6.07, 6.45) is 1.03. The molecule has 0 radical (unpaired) electrons. The molecule has 0 saturated heterocycles. The standard InChI is InChI=1S/C10H18N4O4S/c1-7(11)5-13(3)19(17,18)8-6-12(2)10(16)14(4)9(8)15/h6-7H,5,11H2,1-4H3. The molecule has 1 atom stereocenters. The number of nitrogens with two attached hydrogens (primary N) is 1. The monoisotopic (exact) mass is 290 g/mol. The van der Waals surface area contributed by atoms with Crippen molar-refractivity contribution in [3.05, 3.63) is 27.0 Å². The first kappa shape index (κ1) is 15.6. The van der Waals surface area contributed by atoms with Crippen molar-refractivity contribution in [3.63, 3.8) is 0 Å². The minimum Gasteiger partial charge on any atom is -0.327 e. The number of hydrogen-bond donors (Lipinski definition) is 1. The molecule has 1 aromatic rings. The molecule has 0 aromatic carbocycles. The van der Waals surface area contributed by atoms with Gasteiger partial charge in [0.1, 0.15) is 0 Å². The normalized spacial score (nSPS) is 13.8. The molecule has 0 aliphatic heterocycles. The SMILES string of the molecule is CC(N)CN(C)S(=O)(=O)c1cn(C)c(=O)n(C)c1=O. The summed E-state index contributed by atoms with van der Waals surface area (Å²) in [4.78, 5) is 23.0. The van der Waals surface area contributed by atoms with Gasteiger partial charge in [0.25, 0.3) is 5.56 Å². The summed E-state index contributed by atoms with van der Waals surface area (Å²) in [5, 5.41) is 0. The minimum absolute atomic E-state index is 0.0777. The van der Waals surface area contributed by atoms with E-state index in [9.17, 15) is 18.0 Å². The van der Waals surface area contributed by atoms with E-state index in [1.165, 1.54) is 21.1 Å². The van der Waals surface area contributed by atoms with Crippen molar-refractivity contribution in [2.24, 2.45) is 19.8 Å². The van der Waals surface area contributed by atoms with Crippen molar-refractivity contribution in [2.45, 2.75) is 17.9 Å². The number of rotatable bonds is 4. The lowest BCUT2D eigenvalue weighted by Crippen LogP contribution is -2.43. The highest BCUT2D eigenvalue weighted by molar-refractivity contribution is 7.89. The molecule has 0 bridgehead atoms. The third-order valence-electron chi connectivity index (χ3n) is 2.65. The zero-order valence-electron chi connectivity index (χ0n) is 11.3. The van der Waals surface area contributed by atoms with Crippen LogP contribution in [0.15, 0.2) is 20.7 Å². The van der Waals surface area contributed by atoms with E-state index >= 15 is 0 Å². The highest BCUT2D eigenvalue weighted by Crippen LogP contribution is 2.08. The molecular formula is C10H18N4O4S. The van der Waals surface area contributed by atoms with Crippen molar-refractivity contribution in [1.82, 2.24) is 13.4 Å². The second-order valence-electron chi connectivity index (χ2n) is 4.51. The van der Waals surface area contributed by atoms with E-state index in [-0.39, 0.29) is 12.6 Å². The lowest BCUT2D eigenvalue weighted by molar-refractivity contribution is 0.442. The Bertz CT molecular complexity index is 686. The van der Waals surface area contributed by atoms with Crippen LogP contribution in [0.1, 0.15) is 6.92 Å². The fourth-order valence-corrected chi connectivity index (χ4v) is 3.04. The van der Waals surface area contributed by atoms with Gasteiger partial charge in [-0.3, -0.25) is 9.36 Å². The smallest absolute Gasteiger partial charge is 0.327 e. The Labute approximate surface area is 111 Å². The van der Waals surface area contributed by atoms with Crippen LogP contribution in [-0.2, 0) is 24.1 Å². The molecule has 0 amide bonds. The number of nitrogens with zero attached hydrogens (tertiary/aromatic N) is 3. The summed E-state index contributed by atoms with van der Waals surface area (Å²) in [6.45, 7) is 1.74. The van der Waals surface area contributed by atoms with Crippen LogP contribution >= 0.6 is 0 Å². The fraction of sp³-hybridized carbons (Fsp3) is 0.600. The van der Waals surface area contributed by atoms with Gasteiger partial charge in [-0.25, -0.2) is 13.2 Å². The van der Waals surface area contributed by atoms with Crippen molar-refractivity contribution in [3.8, 4) is 0 Å². The Kier molecular flexibility index (Phi) is 4.33. The maximum absolute atomic E-state index is 12.2. The average Bonchev–Trinajstić information content (AvgIpc) is 2.30. The van der Waals surface area contributed by atoms with Crippen LogP contribution in [0.2, 0.25) is 0 Å². The van der Waals surface area contributed by atoms with Gasteiger partial charge < -0.3 is 10.3 Å². The quantitative estimate of drug-likeness (QED) is 0.693. The predicted octanol–water partition coefficient (Wildman–Crippen LogP) is -1.95. The molecule has 9 heteroatoms. The third kappa shape index (κ3) is 2.94. The largest absolute Gasteiger partial charge is 0.330 e. The zero-order valence-corrected chi connectivity index (χ0v) is 12.1. The van der Waals surface area contributed by atoms with Gasteiger partial charge in [0.05, 0.1) is 0 Å². The number of sulfonamides is 1. The first-order chi connectivity index (χ1) is 8.59. The Morgan fingerprint density at radius 1 is 1.37 bits per heavy atom. The van der Waals surface area contributed by atoms with E-state index in [0.29, 0.717) is 0 Å². The van der Waals surface area contributed by atoms with Crippen molar-refractivity contribution in [1.29, 1.82) is 0 Å². The molecule has 0 aliphatic carbocycles. The number of aromatic nitrogens is 2. The van der Waals surface area contributed by atoms with Crippen LogP contribution < -0.4 is 17.0 Å². The Morgan fingerprint density at radius 3 is 2.37 bits per heavy atom. The number of aryl methyl sites for hydroxylation is 1. The van der Waals surface area contributed by atoms with Gasteiger partial charge >= 0.3 is 5.69 Å². The first-order valence-corrected chi connectivity index (χ1v) is 7.01. The molecule has 108 valence electrons. The van der Waals surface area contributed by atoms with Crippen LogP contribution in [0.25, 0.3) is 0 Å². The summed E-state index contributed by atoms with van der Waals surface area (Å²) < 4.78 is 27.3. The van der Waals surface area contributed by atoms with Crippen LogP contribution in [-0.4, -0.2) is 41.5 Å². The average molecular weight is 290 g/mol. The van der Waals surface area contributed by atoms with Crippen molar-refractivity contribution >= 4 is 10.0 Å². The highest BCUT2D eigenvalue weighted by Gasteiger charge is 2.26. The zero-order chi connectivity index (χ0) is 15.0. The van der Waals surface area contributed by atoms with Gasteiger partial charge in [0, 0.05) is 39.9 Å². The molecule has 0 spiro atoms. The fourth-order valence-electron chi connectivity index (χ4n) is 1.62. The second-order valence-corrected chi connectivity index (χ2v) is 6.53. The molecule has 1 unspecified atom stereocenters. The molecule has 1 heterocycles. The molecular weight excluding hydrogens is 272 g/mol. The van der Waals surface area contributed by atoms with E-state index in [4.69, 9.17) is 5.73 Å². The topological polar surface area (TPSA) is 107 Å². The molecule has 1 rings (SSSR count). The van der Waals surface area contributed by atoms with E-state index in [0.717, 1.165) is 19.6 Å². The lowest BCUT2D eigenvalue weighted by atomic mass is 10.4. The van der Waals surface area contributed by atoms with Gasteiger partial charge in [0.15, 0.2) is 4.90 Å². The van der Waals surface area contributed by atoms with E-state index < -0.39 is 26.2 Å². The van der Waals surface area contributed by atoms with Crippen molar-refractivity contribution in [2.75, 3.05) is 13.6 Å². The van der Waals surface area contributed by atoms with Gasteiger partial charge in [-0.1, -0.05) is 0 Å². The van der Waals surface area contributed by atoms with E-state index in [1.54, 1.807) is 6.92 Å². The summed E-state index contributed by atoms with van der Waals surface area (Å²) >= 11 is 0. The number of hydrogen-bond acceptors (Lipinski definition) is 5. The minimum atomic E-state index is -3.97. The van der Waals surface area contributed by atoms with Gasteiger partial charge in [-0.15, -0.1) is 0 Å². The molecule has 0 fully saturated rings. The van der Waals surface area contributed by atoms with Crippen LogP contribution in [0.5, 0.6) is 0 Å². The molecule has 1 aromatic heterocycles. The van der Waals surface area contributed by atoms with Gasteiger partial charge in [-0.2, -0.15) is 4.31 Å². The maximum atomic E-state index is 12.2. The maximum Gasteiger partial charge on any atom is 0.330 e. The van der Waals surface area contributed by atoms with Crippen LogP contribution in [0, 0.1) is 0 Å². The molecule has 2 N–H and O–H groups in total. The summed E-state index contributed by atoms with van der Waals surface area (Å²) in [5.74, 6) is 0. The third-order valence-corrected chi connectivity index (χ3v) is 4.45. The van der Waals surface area contributed by atoms with Gasteiger partial charge in [0.2, 0.25) is 10.0 Å². The van der Waals surface area contributed by atoms with Crippen LogP contribution in [0.4, 0.5) is 0 Å². The summed E-state index contributed by atoms with van der Waals surface area (Å²) in [6, 6.07) is -0.365. The van der Waals surface area contributed by atoms with Crippen LogP contribution in [0.3, 0.4) is 0 Å². The van der Waals surface area contributed by atoms with E-state index in [1.807, 2.05) is 0 Å². The first-order valence-electron chi connectivity index (χ1n) is 5.57. The Morgan fingerprint density at radius 2 is 1.89 bits per heavy atom. The summed E-state index contributed by atoms with van der Waals surface area (Å²) in [5.41, 5.74) is 4.11.